The Morgan fingerprint density at radius 1 is 1.17 bits per heavy atom. The Bertz CT molecular complexity index is 907. The molecule has 2 N–H and O–H groups in total. The van der Waals surface area contributed by atoms with Crippen LogP contribution in [-0.4, -0.2) is 35.8 Å². The molecule has 1 aromatic heterocycles. The molecule has 0 saturated heterocycles. The molecule has 2 heterocycles. The van der Waals surface area contributed by atoms with Crippen molar-refractivity contribution in [1.29, 1.82) is 0 Å². The summed E-state index contributed by atoms with van der Waals surface area (Å²) in [6.45, 7) is 0. The lowest BCUT2D eigenvalue weighted by Crippen LogP contribution is -2.34. The number of fused-ring (bicyclic) bond motifs is 1. The lowest BCUT2D eigenvalue weighted by atomic mass is 10.1. The fraction of sp³-hybridized carbons (Fsp3) is 0.0667. The van der Waals surface area contributed by atoms with Crippen molar-refractivity contribution in [3.8, 4) is 0 Å². The second kappa shape index (κ2) is 5.40. The van der Waals surface area contributed by atoms with E-state index in [2.05, 4.69) is 10.3 Å². The molecule has 0 bridgehead atoms. The van der Waals surface area contributed by atoms with Gasteiger partial charge in [0.25, 0.3) is 15.9 Å². The highest BCUT2D eigenvalue weighted by Gasteiger charge is 2.37. The highest BCUT2D eigenvalue weighted by molar-refractivity contribution is 7.89. The van der Waals surface area contributed by atoms with Crippen molar-refractivity contribution in [2.45, 2.75) is 4.90 Å². The summed E-state index contributed by atoms with van der Waals surface area (Å²) < 4.78 is 25.3. The zero-order chi connectivity index (χ0) is 16.6. The van der Waals surface area contributed by atoms with Crippen LogP contribution in [0.3, 0.4) is 0 Å². The van der Waals surface area contributed by atoms with E-state index in [-0.39, 0.29) is 16.0 Å². The summed E-state index contributed by atoms with van der Waals surface area (Å²) in [6.07, 6.45) is 1.51. The predicted octanol–water partition coefficient (Wildman–Crippen LogP) is 1.58. The number of pyridine rings is 1. The third-order valence-corrected chi connectivity index (χ3v) is 5.26. The summed E-state index contributed by atoms with van der Waals surface area (Å²) in [5.41, 5.74) is 0.0279. The van der Waals surface area contributed by atoms with Crippen LogP contribution in [0.2, 0.25) is 0 Å². The predicted molar refractivity (Wildman–Crippen MR) is 83.8 cm³/mol. The molecule has 1 aromatic carbocycles. The van der Waals surface area contributed by atoms with E-state index in [1.807, 2.05) is 0 Å². The van der Waals surface area contributed by atoms with Crippen LogP contribution >= 0.6 is 0 Å². The van der Waals surface area contributed by atoms with Crippen LogP contribution in [0.15, 0.2) is 59.4 Å². The van der Waals surface area contributed by atoms with Gasteiger partial charge in [0.15, 0.2) is 0 Å². The molecule has 0 spiro atoms. The maximum absolute atomic E-state index is 12.5. The molecule has 23 heavy (non-hydrogen) atoms. The minimum atomic E-state index is -3.88. The van der Waals surface area contributed by atoms with Gasteiger partial charge in [0.2, 0.25) is 5.88 Å². The fourth-order valence-corrected chi connectivity index (χ4v) is 3.59. The molecule has 0 fully saturated rings. The van der Waals surface area contributed by atoms with E-state index in [0.717, 1.165) is 0 Å². The molecule has 1 aliphatic rings. The number of carbonyl (C=O) groups excluding carboxylic acids is 1. The number of aliphatic hydroxyl groups is 1. The van der Waals surface area contributed by atoms with Crippen LogP contribution < -0.4 is 5.32 Å². The third kappa shape index (κ3) is 2.42. The van der Waals surface area contributed by atoms with Gasteiger partial charge >= 0.3 is 0 Å². The van der Waals surface area contributed by atoms with Crippen LogP contribution in [0.1, 0.15) is 5.56 Å². The number of amides is 1. The molecule has 0 aliphatic carbocycles. The average molecular weight is 331 g/mol. The van der Waals surface area contributed by atoms with Gasteiger partial charge in [-0.25, -0.2) is 17.7 Å². The van der Waals surface area contributed by atoms with Crippen molar-refractivity contribution >= 4 is 27.3 Å². The minimum absolute atomic E-state index is 0.0357. The first-order valence-electron chi connectivity index (χ1n) is 6.67. The number of hydrogen-bond donors (Lipinski definition) is 2. The molecule has 118 valence electrons. The fourth-order valence-electron chi connectivity index (χ4n) is 2.28. The number of nitrogens with one attached hydrogen (secondary N) is 1. The lowest BCUT2D eigenvalue weighted by molar-refractivity contribution is -0.111. The molecule has 1 aliphatic heterocycles. The minimum Gasteiger partial charge on any atom is -0.493 e. The van der Waals surface area contributed by atoms with Crippen LogP contribution in [0, 0.1) is 0 Å². The summed E-state index contributed by atoms with van der Waals surface area (Å²) in [7, 11) is -2.69. The van der Waals surface area contributed by atoms with E-state index < -0.39 is 21.8 Å². The number of aliphatic hydroxyl groups excluding tert-OH is 1. The molecule has 8 heteroatoms. The van der Waals surface area contributed by atoms with Gasteiger partial charge in [0, 0.05) is 18.8 Å². The number of anilines is 1. The molecular weight excluding hydrogens is 318 g/mol. The Kier molecular flexibility index (Phi) is 3.53. The summed E-state index contributed by atoms with van der Waals surface area (Å²) in [4.78, 5) is 16.4. The highest BCUT2D eigenvalue weighted by Crippen LogP contribution is 2.35. The first-order chi connectivity index (χ1) is 10.9. The first-order valence-corrected chi connectivity index (χ1v) is 8.11. The van der Waals surface area contributed by atoms with Crippen molar-refractivity contribution in [3.05, 3.63) is 60.1 Å². The van der Waals surface area contributed by atoms with E-state index in [1.54, 1.807) is 30.3 Å². The molecule has 0 atom stereocenters. The van der Waals surface area contributed by atoms with Crippen LogP contribution in [0.5, 0.6) is 0 Å². The second-order valence-corrected chi connectivity index (χ2v) is 6.77. The van der Waals surface area contributed by atoms with Crippen molar-refractivity contribution in [2.75, 3.05) is 12.4 Å². The smallest absolute Gasteiger partial charge is 0.266 e. The molecule has 3 rings (SSSR count). The van der Waals surface area contributed by atoms with E-state index in [1.165, 1.54) is 25.4 Å². The van der Waals surface area contributed by atoms with Crippen molar-refractivity contribution in [3.63, 3.8) is 0 Å². The summed E-state index contributed by atoms with van der Waals surface area (Å²) in [5.74, 6) is -0.973. The van der Waals surface area contributed by atoms with Crippen molar-refractivity contribution in [1.82, 2.24) is 9.29 Å². The molecule has 0 unspecified atom stereocenters. The summed E-state index contributed by atoms with van der Waals surface area (Å²) >= 11 is 0. The number of aromatic nitrogens is 1. The maximum Gasteiger partial charge on any atom is 0.266 e. The lowest BCUT2D eigenvalue weighted by Gasteiger charge is -2.27. The van der Waals surface area contributed by atoms with Gasteiger partial charge in [-0.2, -0.15) is 0 Å². The van der Waals surface area contributed by atoms with Crippen LogP contribution in [0.4, 0.5) is 5.82 Å². The number of benzene rings is 1. The summed E-state index contributed by atoms with van der Waals surface area (Å²) in [5, 5.41) is 12.8. The number of carbonyl (C=O) groups is 1. The molecular formula is C15H13N3O4S. The SMILES string of the molecule is CN1C(O)=C(C(=O)Nc2ccccn2)c2ccccc2S1(=O)=O. The molecule has 0 radical (unpaired) electrons. The Morgan fingerprint density at radius 3 is 2.57 bits per heavy atom. The maximum atomic E-state index is 12.5. The van der Waals surface area contributed by atoms with E-state index in [9.17, 15) is 18.3 Å². The van der Waals surface area contributed by atoms with Gasteiger partial charge < -0.3 is 10.4 Å². The standard InChI is InChI=1S/C15H13N3O4S/c1-18-15(20)13(14(19)17-12-8-4-5-9-16-12)10-6-2-3-7-11(10)23(18,21)22/h2-9,20H,1H3,(H,16,17,19). The van der Waals surface area contributed by atoms with E-state index >= 15 is 0 Å². The highest BCUT2D eigenvalue weighted by atomic mass is 32.2. The quantitative estimate of drug-likeness (QED) is 0.870. The summed E-state index contributed by atoms with van der Waals surface area (Å²) in [6, 6.07) is 11.0. The van der Waals surface area contributed by atoms with Gasteiger partial charge in [-0.3, -0.25) is 4.79 Å². The zero-order valence-corrected chi connectivity index (χ0v) is 12.9. The number of nitrogens with zero attached hydrogens (tertiary/aromatic N) is 2. The largest absolute Gasteiger partial charge is 0.493 e. The van der Waals surface area contributed by atoms with Gasteiger partial charge in [0.1, 0.15) is 11.4 Å². The Morgan fingerprint density at radius 2 is 1.87 bits per heavy atom. The van der Waals surface area contributed by atoms with Crippen LogP contribution in [0.25, 0.3) is 5.57 Å². The van der Waals surface area contributed by atoms with Gasteiger partial charge in [-0.05, 0) is 18.2 Å². The second-order valence-electron chi connectivity index (χ2n) is 4.84. The Labute approximate surface area is 132 Å². The van der Waals surface area contributed by atoms with E-state index in [0.29, 0.717) is 10.1 Å². The monoisotopic (exact) mass is 331 g/mol. The van der Waals surface area contributed by atoms with Crippen molar-refractivity contribution < 1.29 is 18.3 Å². The van der Waals surface area contributed by atoms with E-state index in [4.69, 9.17) is 0 Å². The van der Waals surface area contributed by atoms with Gasteiger partial charge in [-0.1, -0.05) is 24.3 Å². The molecule has 1 amide bonds. The molecule has 2 aromatic rings. The third-order valence-electron chi connectivity index (χ3n) is 3.45. The number of hydrogen-bond acceptors (Lipinski definition) is 5. The zero-order valence-electron chi connectivity index (χ0n) is 12.1. The Balaban J connectivity index is 2.11. The van der Waals surface area contributed by atoms with Gasteiger partial charge in [0.05, 0.1) is 4.90 Å². The first kappa shape index (κ1) is 15.0. The van der Waals surface area contributed by atoms with Crippen LogP contribution in [-0.2, 0) is 14.8 Å². The molecule has 0 saturated carbocycles. The van der Waals surface area contributed by atoms with Gasteiger partial charge in [-0.15, -0.1) is 0 Å². The topological polar surface area (TPSA) is 99.6 Å². The van der Waals surface area contributed by atoms with Crippen molar-refractivity contribution in [2.24, 2.45) is 0 Å². The number of rotatable bonds is 2. The normalized spacial score (nSPS) is 16.0. The number of sulfonamides is 1. The molecule has 7 nitrogen and oxygen atoms in total. The Hall–Kier alpha value is -2.87. The average Bonchev–Trinajstić information content (AvgIpc) is 2.54.